The van der Waals surface area contributed by atoms with Crippen molar-refractivity contribution in [2.24, 2.45) is 0 Å². The Kier molecular flexibility index (Phi) is 6.25. The second-order valence-corrected chi connectivity index (χ2v) is 10.5. The van der Waals surface area contributed by atoms with Gasteiger partial charge in [0.2, 0.25) is 0 Å². The number of aromatic nitrogens is 1. The Morgan fingerprint density at radius 3 is 2.48 bits per heavy atom. The third-order valence-corrected chi connectivity index (χ3v) is 8.52. The molecule has 1 atom stereocenters. The molecular weight excluding hydrogens is 410 g/mol. The Morgan fingerprint density at radius 1 is 1.06 bits per heavy atom. The minimum atomic E-state index is -1.19. The summed E-state index contributed by atoms with van der Waals surface area (Å²) in [5.74, 6) is 0.871. The molecule has 1 N–H and O–H groups in total. The lowest BCUT2D eigenvalue weighted by Gasteiger charge is -2.37. The topological polar surface area (TPSA) is 60.9 Å². The molecule has 2 saturated heterocycles. The summed E-state index contributed by atoms with van der Waals surface area (Å²) in [5, 5.41) is 5.57. The zero-order chi connectivity index (χ0) is 21.3. The van der Waals surface area contributed by atoms with Crippen molar-refractivity contribution in [3.05, 3.63) is 30.5 Å². The van der Waals surface area contributed by atoms with Crippen LogP contribution in [0.15, 0.2) is 35.4 Å². The highest BCUT2D eigenvalue weighted by Crippen LogP contribution is 2.41. The van der Waals surface area contributed by atoms with Crippen LogP contribution >= 0.6 is 0 Å². The molecule has 1 aliphatic carbocycles. The lowest BCUT2D eigenvalue weighted by molar-refractivity contribution is 0.0398. The molecule has 168 valence electrons. The van der Waals surface area contributed by atoms with Gasteiger partial charge in [0.15, 0.2) is 0 Å². The third kappa shape index (κ3) is 4.64. The number of pyridine rings is 1. The van der Waals surface area contributed by atoms with Crippen LogP contribution in [0.2, 0.25) is 0 Å². The maximum Gasteiger partial charge on any atom is 0.133 e. The standard InChI is InChI=1S/C23H33N5O2S/c1-23(6-7-23)27-10-12-28(13-11-27)31(29)21-18-25-22(20-5-3-2-4-19(20)21)24-8-9-26-14-16-30-17-15-26/h2-5,18H,6-17H2,1H3,(H,24,25). The predicted octanol–water partition coefficient (Wildman–Crippen LogP) is 2.17. The van der Waals surface area contributed by atoms with E-state index >= 15 is 0 Å². The average Bonchev–Trinajstić information content (AvgIpc) is 3.58. The maximum absolute atomic E-state index is 13.5. The number of hydrogen-bond donors (Lipinski definition) is 1. The first kappa shape index (κ1) is 21.3. The summed E-state index contributed by atoms with van der Waals surface area (Å²) in [6.45, 7) is 11.4. The van der Waals surface area contributed by atoms with E-state index in [1.54, 1.807) is 0 Å². The number of benzene rings is 1. The summed E-state index contributed by atoms with van der Waals surface area (Å²) >= 11 is 0. The van der Waals surface area contributed by atoms with Crippen molar-refractivity contribution in [3.63, 3.8) is 0 Å². The molecule has 5 rings (SSSR count). The molecule has 1 unspecified atom stereocenters. The van der Waals surface area contributed by atoms with Gasteiger partial charge in [-0.3, -0.25) is 9.80 Å². The molecule has 3 aliphatic rings. The molecule has 1 aromatic heterocycles. The van der Waals surface area contributed by atoms with E-state index in [-0.39, 0.29) is 0 Å². The van der Waals surface area contributed by atoms with Gasteiger partial charge in [0, 0.05) is 74.9 Å². The van der Waals surface area contributed by atoms with Gasteiger partial charge in [0.05, 0.1) is 18.1 Å². The fourth-order valence-electron chi connectivity index (χ4n) is 4.63. The van der Waals surface area contributed by atoms with Gasteiger partial charge in [0.25, 0.3) is 0 Å². The lowest BCUT2D eigenvalue weighted by Crippen LogP contribution is -2.50. The van der Waals surface area contributed by atoms with Crippen LogP contribution in [0.3, 0.4) is 0 Å². The Morgan fingerprint density at radius 2 is 1.77 bits per heavy atom. The average molecular weight is 444 g/mol. The largest absolute Gasteiger partial charge is 0.379 e. The zero-order valence-corrected chi connectivity index (χ0v) is 19.2. The fourth-order valence-corrected chi connectivity index (χ4v) is 5.92. The van der Waals surface area contributed by atoms with Crippen molar-refractivity contribution in [3.8, 4) is 0 Å². The van der Waals surface area contributed by atoms with Gasteiger partial charge < -0.3 is 10.1 Å². The lowest BCUT2D eigenvalue weighted by atomic mass is 10.1. The van der Waals surface area contributed by atoms with Crippen LogP contribution in [0.25, 0.3) is 10.8 Å². The van der Waals surface area contributed by atoms with Crippen LogP contribution in [0.5, 0.6) is 0 Å². The molecule has 2 aliphatic heterocycles. The molecule has 7 nitrogen and oxygen atoms in total. The smallest absolute Gasteiger partial charge is 0.133 e. The van der Waals surface area contributed by atoms with Crippen LogP contribution in [0, 0.1) is 0 Å². The summed E-state index contributed by atoms with van der Waals surface area (Å²) in [4.78, 5) is 10.5. The fraction of sp³-hybridized carbons (Fsp3) is 0.609. The molecule has 0 radical (unpaired) electrons. The summed E-state index contributed by atoms with van der Waals surface area (Å²) in [6, 6.07) is 8.19. The Hall–Kier alpha value is -1.58. The minimum Gasteiger partial charge on any atom is -0.379 e. The maximum atomic E-state index is 13.5. The Labute approximate surface area is 187 Å². The first-order valence-corrected chi connectivity index (χ1v) is 12.6. The third-order valence-electron chi connectivity index (χ3n) is 6.98. The van der Waals surface area contributed by atoms with Crippen LogP contribution in [-0.4, -0.2) is 94.4 Å². The van der Waals surface area contributed by atoms with Crippen molar-refractivity contribution in [1.82, 2.24) is 19.1 Å². The van der Waals surface area contributed by atoms with E-state index in [4.69, 9.17) is 4.74 Å². The van der Waals surface area contributed by atoms with E-state index in [1.165, 1.54) is 12.8 Å². The Balaban J connectivity index is 1.27. The molecule has 0 amide bonds. The van der Waals surface area contributed by atoms with E-state index in [2.05, 4.69) is 43.5 Å². The number of nitrogens with zero attached hydrogens (tertiary/aromatic N) is 4. The minimum absolute atomic E-state index is 0.399. The molecule has 8 heteroatoms. The van der Waals surface area contributed by atoms with Gasteiger partial charge in [-0.25, -0.2) is 13.5 Å². The van der Waals surface area contributed by atoms with Crippen molar-refractivity contribution in [2.75, 3.05) is 70.9 Å². The number of hydrogen-bond acceptors (Lipinski definition) is 6. The molecule has 1 saturated carbocycles. The number of nitrogens with one attached hydrogen (secondary N) is 1. The summed E-state index contributed by atoms with van der Waals surface area (Å²) in [7, 11) is -1.19. The van der Waals surface area contributed by atoms with E-state index in [1.807, 2.05) is 18.3 Å². The molecule has 1 aromatic carbocycles. The molecule has 0 bridgehead atoms. The summed E-state index contributed by atoms with van der Waals surface area (Å²) in [6.07, 6.45) is 4.40. The van der Waals surface area contributed by atoms with Crippen molar-refractivity contribution in [2.45, 2.75) is 30.2 Å². The highest BCUT2D eigenvalue weighted by atomic mass is 32.2. The van der Waals surface area contributed by atoms with Crippen LogP contribution in [-0.2, 0) is 15.7 Å². The van der Waals surface area contributed by atoms with Gasteiger partial charge in [-0.2, -0.15) is 0 Å². The Bertz CT molecular complexity index is 937. The molecule has 2 aromatic rings. The second kappa shape index (κ2) is 9.11. The van der Waals surface area contributed by atoms with Gasteiger partial charge in [-0.1, -0.05) is 24.3 Å². The number of piperazine rings is 1. The molecule has 3 fully saturated rings. The van der Waals surface area contributed by atoms with Gasteiger partial charge in [-0.15, -0.1) is 0 Å². The normalized spacial score (nSPS) is 23.6. The second-order valence-electron chi connectivity index (χ2n) is 9.06. The molecular formula is C23H33N5O2S. The number of rotatable bonds is 7. The molecule has 31 heavy (non-hydrogen) atoms. The summed E-state index contributed by atoms with van der Waals surface area (Å²) in [5.41, 5.74) is 0.399. The number of ether oxygens (including phenoxy) is 1. The molecule has 0 spiro atoms. The van der Waals surface area contributed by atoms with E-state index in [9.17, 15) is 4.21 Å². The van der Waals surface area contributed by atoms with Gasteiger partial charge in [0.1, 0.15) is 16.8 Å². The number of morpholine rings is 1. The zero-order valence-electron chi connectivity index (χ0n) is 18.4. The summed E-state index contributed by atoms with van der Waals surface area (Å²) < 4.78 is 21.0. The highest BCUT2D eigenvalue weighted by molar-refractivity contribution is 7.83. The van der Waals surface area contributed by atoms with Gasteiger partial charge in [-0.05, 0) is 19.8 Å². The number of fused-ring (bicyclic) bond motifs is 1. The van der Waals surface area contributed by atoms with Crippen molar-refractivity contribution < 1.29 is 8.95 Å². The van der Waals surface area contributed by atoms with E-state index in [0.717, 1.165) is 87.1 Å². The van der Waals surface area contributed by atoms with E-state index < -0.39 is 11.0 Å². The highest BCUT2D eigenvalue weighted by Gasteiger charge is 2.44. The monoisotopic (exact) mass is 443 g/mol. The SMILES string of the molecule is CC1(N2CCN(S(=O)c3cnc(NCCN4CCOCC4)c4ccccc34)CC2)CC1. The van der Waals surface area contributed by atoms with Crippen LogP contribution in [0.4, 0.5) is 5.82 Å². The van der Waals surface area contributed by atoms with Crippen LogP contribution in [0.1, 0.15) is 19.8 Å². The molecule has 3 heterocycles. The first-order valence-electron chi connectivity index (χ1n) is 11.5. The van der Waals surface area contributed by atoms with Gasteiger partial charge >= 0.3 is 0 Å². The van der Waals surface area contributed by atoms with Crippen LogP contribution < -0.4 is 5.32 Å². The number of anilines is 1. The first-order chi connectivity index (χ1) is 15.1. The van der Waals surface area contributed by atoms with Crippen molar-refractivity contribution >= 4 is 27.6 Å². The van der Waals surface area contributed by atoms with Crippen molar-refractivity contribution in [1.29, 1.82) is 0 Å². The predicted molar refractivity (Wildman–Crippen MR) is 125 cm³/mol. The van der Waals surface area contributed by atoms with E-state index in [0.29, 0.717) is 5.54 Å². The quantitative estimate of drug-likeness (QED) is 0.708.